The van der Waals surface area contributed by atoms with Crippen molar-refractivity contribution in [2.24, 2.45) is 0 Å². The summed E-state index contributed by atoms with van der Waals surface area (Å²) in [6.07, 6.45) is 1.70. The van der Waals surface area contributed by atoms with Gasteiger partial charge in [-0.3, -0.25) is 9.59 Å². The molecule has 1 atom stereocenters. The molecule has 1 aliphatic heterocycles. The molecule has 0 bridgehead atoms. The van der Waals surface area contributed by atoms with Gasteiger partial charge in [0, 0.05) is 18.2 Å². The second-order valence-electron chi connectivity index (χ2n) is 5.19. The third kappa shape index (κ3) is 2.95. The minimum atomic E-state index is -0.843. The molecule has 1 aromatic rings. The molecule has 1 N–H and O–H groups in total. The number of carbonyl (C=O) groups is 2. The highest BCUT2D eigenvalue weighted by molar-refractivity contribution is 5.95. The quantitative estimate of drug-likeness (QED) is 0.908. The lowest BCUT2D eigenvalue weighted by atomic mass is 10.0. The Kier molecular flexibility index (Phi) is 3.88. The fourth-order valence-corrected chi connectivity index (χ4v) is 2.56. The number of hydrogen-bond donors (Lipinski definition) is 1. The number of amides is 1. The minimum absolute atomic E-state index is 0.0383. The van der Waals surface area contributed by atoms with Gasteiger partial charge in [-0.25, -0.2) is 0 Å². The van der Waals surface area contributed by atoms with Crippen LogP contribution in [0.3, 0.4) is 0 Å². The Morgan fingerprint density at radius 1 is 1.32 bits per heavy atom. The van der Waals surface area contributed by atoms with E-state index < -0.39 is 5.97 Å². The number of nitrogens with zero attached hydrogens (tertiary/aromatic N) is 1. The van der Waals surface area contributed by atoms with Crippen LogP contribution in [0.5, 0.6) is 0 Å². The van der Waals surface area contributed by atoms with Crippen molar-refractivity contribution in [3.8, 4) is 0 Å². The van der Waals surface area contributed by atoms with Crippen molar-refractivity contribution in [3.63, 3.8) is 0 Å². The molecule has 19 heavy (non-hydrogen) atoms. The number of likely N-dealkylation sites (tertiary alicyclic amines) is 1. The van der Waals surface area contributed by atoms with Crippen LogP contribution in [0.25, 0.3) is 0 Å². The number of aryl methyl sites for hydroxylation is 2. The average molecular weight is 261 g/mol. The van der Waals surface area contributed by atoms with E-state index in [1.54, 1.807) is 4.90 Å². The molecule has 4 heteroatoms. The SMILES string of the molecule is Cc1ccc(C(=O)N2CCCC2CC(=O)O)cc1C. The molecule has 0 aliphatic carbocycles. The van der Waals surface area contributed by atoms with Gasteiger partial charge < -0.3 is 10.0 Å². The molecule has 4 nitrogen and oxygen atoms in total. The van der Waals surface area contributed by atoms with Crippen LogP contribution in [-0.2, 0) is 4.79 Å². The van der Waals surface area contributed by atoms with Gasteiger partial charge in [-0.15, -0.1) is 0 Å². The third-order valence-electron chi connectivity index (χ3n) is 3.80. The van der Waals surface area contributed by atoms with E-state index in [1.807, 2.05) is 32.0 Å². The predicted octanol–water partition coefficient (Wildman–Crippen LogP) is 2.38. The highest BCUT2D eigenvalue weighted by Gasteiger charge is 2.30. The van der Waals surface area contributed by atoms with Crippen LogP contribution < -0.4 is 0 Å². The van der Waals surface area contributed by atoms with E-state index in [0.717, 1.165) is 24.0 Å². The summed E-state index contributed by atoms with van der Waals surface area (Å²) < 4.78 is 0. The molecular weight excluding hydrogens is 242 g/mol. The fourth-order valence-electron chi connectivity index (χ4n) is 2.56. The number of benzene rings is 1. The van der Waals surface area contributed by atoms with Crippen LogP contribution in [0.4, 0.5) is 0 Å². The zero-order valence-corrected chi connectivity index (χ0v) is 11.3. The molecule has 0 spiro atoms. The van der Waals surface area contributed by atoms with E-state index in [2.05, 4.69) is 0 Å². The number of carbonyl (C=O) groups excluding carboxylic acids is 1. The van der Waals surface area contributed by atoms with Gasteiger partial charge in [0.25, 0.3) is 5.91 Å². The van der Waals surface area contributed by atoms with Crippen LogP contribution >= 0.6 is 0 Å². The lowest BCUT2D eigenvalue weighted by Crippen LogP contribution is -2.36. The highest BCUT2D eigenvalue weighted by Crippen LogP contribution is 2.23. The third-order valence-corrected chi connectivity index (χ3v) is 3.80. The molecule has 0 saturated carbocycles. The predicted molar refractivity (Wildman–Crippen MR) is 72.2 cm³/mol. The van der Waals surface area contributed by atoms with Crippen molar-refractivity contribution < 1.29 is 14.7 Å². The molecule has 1 aromatic carbocycles. The first-order chi connectivity index (χ1) is 8.99. The normalized spacial score (nSPS) is 18.6. The van der Waals surface area contributed by atoms with Crippen molar-refractivity contribution in [2.75, 3.05) is 6.54 Å². The Hall–Kier alpha value is -1.84. The van der Waals surface area contributed by atoms with Gasteiger partial charge in [-0.05, 0) is 49.9 Å². The Morgan fingerprint density at radius 3 is 2.68 bits per heavy atom. The van der Waals surface area contributed by atoms with Crippen LogP contribution in [0.15, 0.2) is 18.2 Å². The maximum Gasteiger partial charge on any atom is 0.305 e. The van der Waals surface area contributed by atoms with Gasteiger partial charge in [0.2, 0.25) is 0 Å². The van der Waals surface area contributed by atoms with Crippen molar-refractivity contribution in [3.05, 3.63) is 34.9 Å². The van der Waals surface area contributed by atoms with Crippen molar-refractivity contribution >= 4 is 11.9 Å². The maximum absolute atomic E-state index is 12.4. The van der Waals surface area contributed by atoms with E-state index in [9.17, 15) is 9.59 Å². The summed E-state index contributed by atoms with van der Waals surface area (Å²) in [7, 11) is 0. The largest absolute Gasteiger partial charge is 0.481 e. The summed E-state index contributed by atoms with van der Waals surface area (Å²) in [5.41, 5.74) is 2.89. The molecule has 0 aromatic heterocycles. The summed E-state index contributed by atoms with van der Waals surface area (Å²) in [6.45, 7) is 4.64. The average Bonchev–Trinajstić information content (AvgIpc) is 2.79. The van der Waals surface area contributed by atoms with E-state index in [0.29, 0.717) is 12.1 Å². The van der Waals surface area contributed by atoms with Crippen LogP contribution in [-0.4, -0.2) is 34.5 Å². The molecule has 1 amide bonds. The molecular formula is C15H19NO3. The Balaban J connectivity index is 2.18. The second kappa shape index (κ2) is 5.43. The summed E-state index contributed by atoms with van der Waals surface area (Å²) in [5.74, 6) is -0.892. The van der Waals surface area contributed by atoms with Gasteiger partial charge in [-0.2, -0.15) is 0 Å². The van der Waals surface area contributed by atoms with Crippen LogP contribution in [0.2, 0.25) is 0 Å². The zero-order valence-electron chi connectivity index (χ0n) is 11.3. The fraction of sp³-hybridized carbons (Fsp3) is 0.467. The summed E-state index contributed by atoms with van der Waals surface area (Å²) in [4.78, 5) is 25.0. The first-order valence-electron chi connectivity index (χ1n) is 6.59. The van der Waals surface area contributed by atoms with Crippen molar-refractivity contribution in [1.29, 1.82) is 0 Å². The molecule has 1 heterocycles. The summed E-state index contributed by atoms with van der Waals surface area (Å²) in [5, 5.41) is 8.89. The van der Waals surface area contributed by atoms with Crippen LogP contribution in [0, 0.1) is 13.8 Å². The molecule has 1 saturated heterocycles. The lowest BCUT2D eigenvalue weighted by Gasteiger charge is -2.23. The standard InChI is InChI=1S/C15H19NO3/c1-10-5-6-12(8-11(10)2)15(19)16-7-3-4-13(16)9-14(17)18/h5-6,8,13H,3-4,7,9H2,1-2H3,(H,17,18). The van der Waals surface area contributed by atoms with E-state index in [4.69, 9.17) is 5.11 Å². The summed E-state index contributed by atoms with van der Waals surface area (Å²) in [6, 6.07) is 5.48. The van der Waals surface area contributed by atoms with Gasteiger partial charge in [-0.1, -0.05) is 6.07 Å². The molecule has 0 radical (unpaired) electrons. The number of carboxylic acid groups (broad SMARTS) is 1. The minimum Gasteiger partial charge on any atom is -0.481 e. The molecule has 1 unspecified atom stereocenters. The zero-order chi connectivity index (χ0) is 14.0. The van der Waals surface area contributed by atoms with Crippen molar-refractivity contribution in [1.82, 2.24) is 4.90 Å². The maximum atomic E-state index is 12.4. The first kappa shape index (κ1) is 13.6. The number of rotatable bonds is 3. The van der Waals surface area contributed by atoms with E-state index >= 15 is 0 Å². The Morgan fingerprint density at radius 2 is 2.05 bits per heavy atom. The first-order valence-corrected chi connectivity index (χ1v) is 6.59. The van der Waals surface area contributed by atoms with Gasteiger partial charge in [0.1, 0.15) is 0 Å². The molecule has 1 aliphatic rings. The second-order valence-corrected chi connectivity index (χ2v) is 5.19. The Bertz CT molecular complexity index is 510. The smallest absolute Gasteiger partial charge is 0.305 e. The van der Waals surface area contributed by atoms with Crippen LogP contribution in [0.1, 0.15) is 40.7 Å². The lowest BCUT2D eigenvalue weighted by molar-refractivity contribution is -0.137. The highest BCUT2D eigenvalue weighted by atomic mass is 16.4. The van der Waals surface area contributed by atoms with E-state index in [-0.39, 0.29) is 18.4 Å². The van der Waals surface area contributed by atoms with Gasteiger partial charge >= 0.3 is 5.97 Å². The molecule has 102 valence electrons. The number of aliphatic carboxylic acids is 1. The monoisotopic (exact) mass is 261 g/mol. The van der Waals surface area contributed by atoms with Crippen molar-refractivity contribution in [2.45, 2.75) is 39.2 Å². The summed E-state index contributed by atoms with van der Waals surface area (Å²) >= 11 is 0. The van der Waals surface area contributed by atoms with E-state index in [1.165, 1.54) is 0 Å². The topological polar surface area (TPSA) is 57.6 Å². The molecule has 1 fully saturated rings. The molecule has 2 rings (SSSR count). The Labute approximate surface area is 113 Å². The van der Waals surface area contributed by atoms with Gasteiger partial charge in [0.05, 0.1) is 6.42 Å². The van der Waals surface area contributed by atoms with Gasteiger partial charge in [0.15, 0.2) is 0 Å². The number of hydrogen-bond acceptors (Lipinski definition) is 2. The number of carboxylic acids is 1.